The van der Waals surface area contributed by atoms with Crippen molar-refractivity contribution in [3.05, 3.63) is 24.0 Å². The molecule has 0 radical (unpaired) electrons. The van der Waals surface area contributed by atoms with Crippen molar-refractivity contribution < 1.29 is 5.11 Å². The number of benzene rings is 1. The van der Waals surface area contributed by atoms with Crippen molar-refractivity contribution in [1.82, 2.24) is 9.55 Å². The molecule has 0 aliphatic heterocycles. The number of hydrogen-bond acceptors (Lipinski definition) is 3. The van der Waals surface area contributed by atoms with Crippen LogP contribution in [0.5, 0.6) is 0 Å². The molecule has 1 aliphatic rings. The van der Waals surface area contributed by atoms with Crippen molar-refractivity contribution in [3.63, 3.8) is 0 Å². The number of hydrogen-bond donors (Lipinski definition) is 2. The Hall–Kier alpha value is -1.55. The van der Waals surface area contributed by atoms with Gasteiger partial charge >= 0.3 is 0 Å². The van der Waals surface area contributed by atoms with E-state index in [0.29, 0.717) is 11.7 Å². The van der Waals surface area contributed by atoms with Crippen LogP contribution in [0.2, 0.25) is 0 Å². The number of fused-ring (bicyclic) bond motifs is 1. The smallest absolute Gasteiger partial charge is 0.135 e. The monoisotopic (exact) mass is 203 g/mol. The number of nitrogen functional groups attached to an aromatic ring is 1. The first-order valence-corrected chi connectivity index (χ1v) is 5.17. The SMILES string of the molecule is Nc1ccc2c(c1)nc(CO)n2C1CC1. The topological polar surface area (TPSA) is 64.1 Å². The predicted octanol–water partition coefficient (Wildman–Crippen LogP) is 1.45. The average Bonchev–Trinajstić information content (AvgIpc) is 2.99. The molecule has 3 rings (SSSR count). The molecule has 4 nitrogen and oxygen atoms in total. The molecule has 0 spiro atoms. The zero-order chi connectivity index (χ0) is 10.4. The van der Waals surface area contributed by atoms with Crippen LogP contribution in [0.25, 0.3) is 11.0 Å². The molecular formula is C11H13N3O. The summed E-state index contributed by atoms with van der Waals surface area (Å²) in [7, 11) is 0. The Kier molecular flexibility index (Phi) is 1.73. The maximum Gasteiger partial charge on any atom is 0.135 e. The molecule has 1 aromatic carbocycles. The lowest BCUT2D eigenvalue weighted by Gasteiger charge is -2.04. The normalized spacial score (nSPS) is 16.1. The van der Waals surface area contributed by atoms with Gasteiger partial charge in [0.2, 0.25) is 0 Å². The van der Waals surface area contributed by atoms with Gasteiger partial charge in [0.25, 0.3) is 0 Å². The average molecular weight is 203 g/mol. The molecule has 4 heteroatoms. The van der Waals surface area contributed by atoms with Gasteiger partial charge in [0.05, 0.1) is 11.0 Å². The molecule has 3 N–H and O–H groups in total. The van der Waals surface area contributed by atoms with Gasteiger partial charge in [0.1, 0.15) is 12.4 Å². The molecule has 1 fully saturated rings. The van der Waals surface area contributed by atoms with Gasteiger partial charge in [-0.05, 0) is 31.0 Å². The van der Waals surface area contributed by atoms with E-state index in [2.05, 4.69) is 9.55 Å². The summed E-state index contributed by atoms with van der Waals surface area (Å²) in [5.41, 5.74) is 8.38. The lowest BCUT2D eigenvalue weighted by atomic mass is 10.3. The summed E-state index contributed by atoms with van der Waals surface area (Å²) in [6.45, 7) is -0.00884. The largest absolute Gasteiger partial charge is 0.399 e. The van der Waals surface area contributed by atoms with Gasteiger partial charge in [-0.15, -0.1) is 0 Å². The predicted molar refractivity (Wildman–Crippen MR) is 58.3 cm³/mol. The maximum atomic E-state index is 9.25. The lowest BCUT2D eigenvalue weighted by molar-refractivity contribution is 0.266. The van der Waals surface area contributed by atoms with Gasteiger partial charge in [0.15, 0.2) is 0 Å². The van der Waals surface area contributed by atoms with Gasteiger partial charge < -0.3 is 15.4 Å². The van der Waals surface area contributed by atoms with Gasteiger partial charge in [-0.25, -0.2) is 4.98 Å². The first kappa shape index (κ1) is 8.73. The van der Waals surface area contributed by atoms with Crippen molar-refractivity contribution in [3.8, 4) is 0 Å². The summed E-state index contributed by atoms with van der Waals surface area (Å²) < 4.78 is 2.13. The van der Waals surface area contributed by atoms with E-state index < -0.39 is 0 Å². The number of aromatic nitrogens is 2. The summed E-state index contributed by atoms with van der Waals surface area (Å²) >= 11 is 0. The number of aliphatic hydroxyl groups is 1. The summed E-state index contributed by atoms with van der Waals surface area (Å²) in [5.74, 6) is 0.748. The third-order valence-corrected chi connectivity index (χ3v) is 2.84. The first-order valence-electron chi connectivity index (χ1n) is 5.17. The molecule has 0 atom stereocenters. The van der Waals surface area contributed by atoms with Crippen LogP contribution >= 0.6 is 0 Å². The number of anilines is 1. The molecule has 0 unspecified atom stereocenters. The first-order chi connectivity index (χ1) is 7.29. The minimum atomic E-state index is -0.00884. The third-order valence-electron chi connectivity index (χ3n) is 2.84. The molecule has 1 aromatic heterocycles. The Morgan fingerprint density at radius 3 is 2.93 bits per heavy atom. The van der Waals surface area contributed by atoms with Crippen LogP contribution in [0.1, 0.15) is 24.7 Å². The standard InChI is InChI=1S/C11H13N3O/c12-7-1-4-10-9(5-7)13-11(6-15)14(10)8-2-3-8/h1,4-5,8,15H,2-3,6,12H2. The minimum absolute atomic E-state index is 0.00884. The third kappa shape index (κ3) is 1.29. The second-order valence-electron chi connectivity index (χ2n) is 4.04. The van der Waals surface area contributed by atoms with Gasteiger partial charge in [0, 0.05) is 11.7 Å². The Balaban J connectivity index is 2.28. The van der Waals surface area contributed by atoms with E-state index in [1.807, 2.05) is 18.2 Å². The van der Waals surface area contributed by atoms with E-state index in [1.54, 1.807) is 0 Å². The Bertz CT molecular complexity index is 514. The van der Waals surface area contributed by atoms with E-state index in [-0.39, 0.29) is 6.61 Å². The zero-order valence-corrected chi connectivity index (χ0v) is 8.35. The van der Waals surface area contributed by atoms with Gasteiger partial charge in [-0.1, -0.05) is 0 Å². The number of nitrogens with zero attached hydrogens (tertiary/aromatic N) is 2. The number of nitrogens with two attached hydrogens (primary N) is 1. The van der Waals surface area contributed by atoms with E-state index in [4.69, 9.17) is 5.73 Å². The van der Waals surface area contributed by atoms with E-state index in [9.17, 15) is 5.11 Å². The van der Waals surface area contributed by atoms with Crippen molar-refractivity contribution in [2.75, 3.05) is 5.73 Å². The fourth-order valence-corrected chi connectivity index (χ4v) is 2.02. The molecule has 0 bridgehead atoms. The van der Waals surface area contributed by atoms with Gasteiger partial charge in [-0.2, -0.15) is 0 Å². The van der Waals surface area contributed by atoms with Crippen molar-refractivity contribution in [2.45, 2.75) is 25.5 Å². The Morgan fingerprint density at radius 2 is 2.27 bits per heavy atom. The van der Waals surface area contributed by atoms with Crippen LogP contribution in [-0.2, 0) is 6.61 Å². The Labute approximate surface area is 87.3 Å². The highest BCUT2D eigenvalue weighted by molar-refractivity contribution is 5.80. The molecular weight excluding hydrogens is 190 g/mol. The van der Waals surface area contributed by atoms with E-state index in [1.165, 1.54) is 12.8 Å². The second kappa shape index (κ2) is 2.97. The molecule has 0 saturated heterocycles. The molecule has 1 heterocycles. The van der Waals surface area contributed by atoms with Crippen molar-refractivity contribution >= 4 is 16.7 Å². The van der Waals surface area contributed by atoms with Crippen LogP contribution < -0.4 is 5.73 Å². The summed E-state index contributed by atoms with van der Waals surface area (Å²) in [6.07, 6.45) is 2.37. The lowest BCUT2D eigenvalue weighted by Crippen LogP contribution is -2.00. The number of imidazole rings is 1. The molecule has 15 heavy (non-hydrogen) atoms. The van der Waals surface area contributed by atoms with E-state index >= 15 is 0 Å². The summed E-state index contributed by atoms with van der Waals surface area (Å²) in [5, 5.41) is 9.25. The number of rotatable bonds is 2. The molecule has 2 aromatic rings. The number of aliphatic hydroxyl groups excluding tert-OH is 1. The van der Waals surface area contributed by atoms with E-state index in [0.717, 1.165) is 16.9 Å². The minimum Gasteiger partial charge on any atom is -0.399 e. The van der Waals surface area contributed by atoms with Crippen LogP contribution in [0.4, 0.5) is 5.69 Å². The van der Waals surface area contributed by atoms with Crippen LogP contribution in [0, 0.1) is 0 Å². The van der Waals surface area contributed by atoms with Crippen LogP contribution in [-0.4, -0.2) is 14.7 Å². The summed E-state index contributed by atoms with van der Waals surface area (Å²) in [6, 6.07) is 6.24. The quantitative estimate of drug-likeness (QED) is 0.726. The van der Waals surface area contributed by atoms with Crippen LogP contribution in [0.15, 0.2) is 18.2 Å². The maximum absolute atomic E-state index is 9.25. The van der Waals surface area contributed by atoms with Gasteiger partial charge in [-0.3, -0.25) is 0 Å². The molecule has 0 amide bonds. The summed E-state index contributed by atoms with van der Waals surface area (Å²) in [4.78, 5) is 4.39. The zero-order valence-electron chi connectivity index (χ0n) is 8.35. The molecule has 1 aliphatic carbocycles. The Morgan fingerprint density at radius 1 is 1.47 bits per heavy atom. The van der Waals surface area contributed by atoms with Crippen LogP contribution in [0.3, 0.4) is 0 Å². The van der Waals surface area contributed by atoms with Crippen molar-refractivity contribution in [2.24, 2.45) is 0 Å². The van der Waals surface area contributed by atoms with Crippen molar-refractivity contribution in [1.29, 1.82) is 0 Å². The molecule has 1 saturated carbocycles. The highest BCUT2D eigenvalue weighted by Crippen LogP contribution is 2.38. The highest BCUT2D eigenvalue weighted by atomic mass is 16.3. The molecule has 78 valence electrons. The fourth-order valence-electron chi connectivity index (χ4n) is 2.02. The fraction of sp³-hybridized carbons (Fsp3) is 0.364. The highest BCUT2D eigenvalue weighted by Gasteiger charge is 2.27. The second-order valence-corrected chi connectivity index (χ2v) is 4.04.